The smallest absolute Gasteiger partial charge is 0.260 e. The van der Waals surface area contributed by atoms with Crippen LogP contribution in [0.5, 0.6) is 17.2 Å². The number of hydrogen-bond acceptors (Lipinski definition) is 7. The van der Waals surface area contributed by atoms with Gasteiger partial charge in [0.05, 0.1) is 17.3 Å². The number of anilines is 1. The summed E-state index contributed by atoms with van der Waals surface area (Å²) in [4.78, 5) is 21.9. The van der Waals surface area contributed by atoms with Gasteiger partial charge in [0.25, 0.3) is 5.91 Å². The second kappa shape index (κ2) is 9.51. The maximum absolute atomic E-state index is 13.4. The second-order valence-electron chi connectivity index (χ2n) is 6.95. The molecule has 0 bridgehead atoms. The third-order valence-corrected chi connectivity index (χ3v) is 5.66. The SMILES string of the molecule is COc1ccc2nc(N(CCN(C)C)C(=O)c3ccc4c(c3)OCCO4)sc2c1.[Cl-]. The van der Waals surface area contributed by atoms with Crippen molar-refractivity contribution in [1.29, 1.82) is 0 Å². The van der Waals surface area contributed by atoms with E-state index < -0.39 is 0 Å². The Labute approximate surface area is 185 Å². The Morgan fingerprint density at radius 3 is 2.60 bits per heavy atom. The topological polar surface area (TPSA) is 64.1 Å². The highest BCUT2D eigenvalue weighted by Gasteiger charge is 2.23. The van der Waals surface area contributed by atoms with E-state index in [0.717, 1.165) is 22.5 Å². The lowest BCUT2D eigenvalue weighted by Gasteiger charge is -2.23. The summed E-state index contributed by atoms with van der Waals surface area (Å²) >= 11 is 1.48. The molecule has 7 nitrogen and oxygen atoms in total. The van der Waals surface area contributed by atoms with Crippen molar-refractivity contribution in [3.63, 3.8) is 0 Å². The molecular weight excluding hydrogens is 426 g/mol. The van der Waals surface area contributed by atoms with E-state index in [1.54, 1.807) is 30.2 Å². The van der Waals surface area contributed by atoms with Crippen molar-refractivity contribution in [2.45, 2.75) is 0 Å². The van der Waals surface area contributed by atoms with E-state index >= 15 is 0 Å². The van der Waals surface area contributed by atoms with Gasteiger partial charge in [0, 0.05) is 18.7 Å². The number of carbonyl (C=O) groups is 1. The fourth-order valence-corrected chi connectivity index (χ4v) is 4.07. The number of methoxy groups -OCH3 is 1. The summed E-state index contributed by atoms with van der Waals surface area (Å²) in [6.45, 7) is 2.24. The Morgan fingerprint density at radius 1 is 1.10 bits per heavy atom. The maximum Gasteiger partial charge on any atom is 0.260 e. The first-order valence-electron chi connectivity index (χ1n) is 9.36. The molecular formula is C21H23ClN3O4S-. The predicted molar refractivity (Wildman–Crippen MR) is 114 cm³/mol. The van der Waals surface area contributed by atoms with E-state index in [1.807, 2.05) is 37.2 Å². The molecule has 0 fully saturated rings. The fourth-order valence-electron chi connectivity index (χ4n) is 3.05. The number of carbonyl (C=O) groups excluding carboxylic acids is 1. The molecule has 30 heavy (non-hydrogen) atoms. The lowest BCUT2D eigenvalue weighted by Crippen LogP contribution is -3.00. The number of nitrogens with zero attached hydrogens (tertiary/aromatic N) is 3. The molecule has 0 unspecified atom stereocenters. The van der Waals surface area contributed by atoms with Gasteiger partial charge in [-0.1, -0.05) is 11.3 Å². The van der Waals surface area contributed by atoms with Gasteiger partial charge in [-0.25, -0.2) is 4.98 Å². The van der Waals surface area contributed by atoms with Gasteiger partial charge in [0.15, 0.2) is 16.6 Å². The van der Waals surface area contributed by atoms with Crippen molar-refractivity contribution >= 4 is 32.6 Å². The van der Waals surface area contributed by atoms with Crippen molar-refractivity contribution in [3.8, 4) is 17.2 Å². The van der Waals surface area contributed by atoms with E-state index in [-0.39, 0.29) is 18.3 Å². The fraction of sp³-hybridized carbons (Fsp3) is 0.333. The molecule has 0 radical (unpaired) electrons. The summed E-state index contributed by atoms with van der Waals surface area (Å²) < 4.78 is 17.5. The number of rotatable bonds is 6. The molecule has 2 aromatic carbocycles. The molecule has 0 N–H and O–H groups in total. The van der Waals surface area contributed by atoms with Crippen LogP contribution in [0.3, 0.4) is 0 Å². The van der Waals surface area contributed by atoms with Crippen LogP contribution in [-0.2, 0) is 0 Å². The number of halogens is 1. The monoisotopic (exact) mass is 448 g/mol. The lowest BCUT2D eigenvalue weighted by atomic mass is 10.1. The average molecular weight is 449 g/mol. The number of aromatic nitrogens is 1. The van der Waals surface area contributed by atoms with Gasteiger partial charge in [-0.2, -0.15) is 0 Å². The van der Waals surface area contributed by atoms with Gasteiger partial charge in [-0.15, -0.1) is 0 Å². The van der Waals surface area contributed by atoms with Gasteiger partial charge < -0.3 is 31.5 Å². The first-order valence-corrected chi connectivity index (χ1v) is 10.2. The van der Waals surface area contributed by atoms with E-state index in [2.05, 4.69) is 0 Å². The van der Waals surface area contributed by atoms with E-state index in [9.17, 15) is 4.79 Å². The van der Waals surface area contributed by atoms with Crippen LogP contribution in [0.1, 0.15) is 10.4 Å². The Kier molecular flexibility index (Phi) is 7.02. The van der Waals surface area contributed by atoms with Gasteiger partial charge in [-0.05, 0) is 50.5 Å². The number of ether oxygens (including phenoxy) is 3. The largest absolute Gasteiger partial charge is 1.00 e. The molecule has 0 saturated heterocycles. The first-order chi connectivity index (χ1) is 14.0. The summed E-state index contributed by atoms with van der Waals surface area (Å²) in [5, 5.41) is 0.662. The molecule has 2 heterocycles. The minimum Gasteiger partial charge on any atom is -1.00 e. The van der Waals surface area contributed by atoms with Crippen molar-refractivity contribution in [2.75, 3.05) is 52.4 Å². The van der Waals surface area contributed by atoms with Crippen LogP contribution in [0, 0.1) is 0 Å². The highest BCUT2D eigenvalue weighted by atomic mass is 35.5. The molecule has 1 aliphatic heterocycles. The Bertz CT molecular complexity index is 1040. The van der Waals surface area contributed by atoms with Crippen molar-refractivity contribution in [1.82, 2.24) is 9.88 Å². The number of likely N-dealkylation sites (N-methyl/N-ethyl adjacent to an activating group) is 1. The van der Waals surface area contributed by atoms with Gasteiger partial charge in [0.2, 0.25) is 0 Å². The van der Waals surface area contributed by atoms with Gasteiger partial charge >= 0.3 is 0 Å². The molecule has 3 aromatic rings. The zero-order chi connectivity index (χ0) is 20.4. The molecule has 0 aliphatic carbocycles. The summed E-state index contributed by atoms with van der Waals surface area (Å²) in [5.41, 5.74) is 1.39. The molecule has 0 atom stereocenters. The van der Waals surface area contributed by atoms with Crippen LogP contribution in [0.4, 0.5) is 5.13 Å². The van der Waals surface area contributed by atoms with Crippen LogP contribution in [0.25, 0.3) is 10.2 Å². The molecule has 1 aliphatic rings. The van der Waals surface area contributed by atoms with Crippen LogP contribution in [-0.4, -0.2) is 63.3 Å². The number of benzene rings is 2. The van der Waals surface area contributed by atoms with Crippen LogP contribution in [0.2, 0.25) is 0 Å². The number of thiazole rings is 1. The lowest BCUT2D eigenvalue weighted by molar-refractivity contribution is -0.0000144. The molecule has 4 rings (SSSR count). The van der Waals surface area contributed by atoms with Crippen molar-refractivity contribution < 1.29 is 31.4 Å². The Morgan fingerprint density at radius 2 is 1.87 bits per heavy atom. The van der Waals surface area contributed by atoms with Crippen molar-refractivity contribution in [2.24, 2.45) is 0 Å². The molecule has 160 valence electrons. The highest BCUT2D eigenvalue weighted by molar-refractivity contribution is 7.22. The van der Waals surface area contributed by atoms with E-state index in [1.165, 1.54) is 11.3 Å². The summed E-state index contributed by atoms with van der Waals surface area (Å²) in [5.74, 6) is 1.92. The number of amides is 1. The van der Waals surface area contributed by atoms with Crippen LogP contribution >= 0.6 is 11.3 Å². The van der Waals surface area contributed by atoms with E-state index in [4.69, 9.17) is 19.2 Å². The zero-order valence-electron chi connectivity index (χ0n) is 17.1. The van der Waals surface area contributed by atoms with Crippen molar-refractivity contribution in [3.05, 3.63) is 42.0 Å². The third-order valence-electron chi connectivity index (χ3n) is 4.62. The van der Waals surface area contributed by atoms with E-state index in [0.29, 0.717) is 42.0 Å². The number of hydrogen-bond donors (Lipinski definition) is 0. The maximum atomic E-state index is 13.4. The molecule has 0 saturated carbocycles. The quantitative estimate of drug-likeness (QED) is 0.540. The summed E-state index contributed by atoms with van der Waals surface area (Å²) in [6, 6.07) is 11.0. The normalized spacial score (nSPS) is 12.5. The van der Waals surface area contributed by atoms with Crippen LogP contribution < -0.4 is 31.5 Å². The zero-order valence-corrected chi connectivity index (χ0v) is 18.6. The second-order valence-corrected chi connectivity index (χ2v) is 7.96. The average Bonchev–Trinajstić information content (AvgIpc) is 3.15. The summed E-state index contributed by atoms with van der Waals surface area (Å²) in [6.07, 6.45) is 0. The third kappa shape index (κ3) is 4.61. The van der Waals surface area contributed by atoms with Gasteiger partial charge in [-0.3, -0.25) is 9.69 Å². The molecule has 1 amide bonds. The Balaban J connectivity index is 0.00000256. The highest BCUT2D eigenvalue weighted by Crippen LogP contribution is 2.34. The minimum atomic E-state index is -0.116. The first kappa shape index (κ1) is 22.1. The number of fused-ring (bicyclic) bond motifs is 2. The van der Waals surface area contributed by atoms with Crippen LogP contribution in [0.15, 0.2) is 36.4 Å². The Hall–Kier alpha value is -2.55. The standard InChI is InChI=1S/C21H23N3O4S.ClH/c1-23(2)8-9-24(21-22-16-6-5-15(26-3)13-19(16)29-21)20(25)14-4-7-17-18(12-14)28-11-10-27-17;/h4-7,12-13H,8-11H2,1-3H3;1H/p-1. The molecule has 0 spiro atoms. The molecule has 1 aromatic heterocycles. The minimum absolute atomic E-state index is 0. The molecule has 9 heteroatoms. The summed E-state index contributed by atoms with van der Waals surface area (Å²) in [7, 11) is 5.60. The predicted octanol–water partition coefficient (Wildman–Crippen LogP) is 0.289. The van der Waals surface area contributed by atoms with Gasteiger partial charge in [0.1, 0.15) is 19.0 Å².